The highest BCUT2D eigenvalue weighted by Crippen LogP contribution is 2.45. The van der Waals surface area contributed by atoms with Gasteiger partial charge >= 0.3 is 0 Å². The van der Waals surface area contributed by atoms with E-state index in [4.69, 9.17) is 19.4 Å². The Morgan fingerprint density at radius 1 is 0.404 bits per heavy atom. The summed E-state index contributed by atoms with van der Waals surface area (Å²) in [4.78, 5) is 14.8. The first kappa shape index (κ1) is 31.9. The van der Waals surface area contributed by atoms with Crippen molar-refractivity contribution in [3.05, 3.63) is 182 Å². The number of aromatic nitrogens is 4. The van der Waals surface area contributed by atoms with E-state index in [1.165, 1.54) is 42.0 Å². The van der Waals surface area contributed by atoms with Gasteiger partial charge in [-0.2, -0.15) is 0 Å². The molecule has 266 valence electrons. The maximum Gasteiger partial charge on any atom is 0.164 e. The molecule has 6 heteroatoms. The first-order valence-electron chi connectivity index (χ1n) is 19.0. The molecule has 0 atom stereocenters. The Hall–Kier alpha value is -7.41. The minimum Gasteiger partial charge on any atom is -0.456 e. The molecule has 12 aromatic rings. The summed E-state index contributed by atoms with van der Waals surface area (Å²) >= 11 is 1.86. The molecule has 0 aliphatic carbocycles. The molecule has 0 saturated heterocycles. The van der Waals surface area contributed by atoms with E-state index < -0.39 is 0 Å². The molecule has 0 amide bonds. The topological polar surface area (TPSA) is 56.7 Å². The van der Waals surface area contributed by atoms with E-state index in [1.54, 1.807) is 0 Å². The Kier molecular flexibility index (Phi) is 7.03. The lowest BCUT2D eigenvalue weighted by atomic mass is 9.97. The maximum atomic E-state index is 6.63. The Morgan fingerprint density at radius 3 is 1.81 bits per heavy atom. The minimum absolute atomic E-state index is 0.595. The van der Waals surface area contributed by atoms with E-state index in [0.29, 0.717) is 17.5 Å². The fourth-order valence-electron chi connectivity index (χ4n) is 8.47. The van der Waals surface area contributed by atoms with E-state index in [9.17, 15) is 0 Å². The summed E-state index contributed by atoms with van der Waals surface area (Å²) in [6.07, 6.45) is 0. The van der Waals surface area contributed by atoms with E-state index in [1.807, 2.05) is 72.0 Å². The van der Waals surface area contributed by atoms with E-state index in [0.717, 1.165) is 55.4 Å². The number of benzene rings is 8. The van der Waals surface area contributed by atoms with Gasteiger partial charge in [0.2, 0.25) is 0 Å². The van der Waals surface area contributed by atoms with Crippen molar-refractivity contribution in [3.63, 3.8) is 0 Å². The van der Waals surface area contributed by atoms with Crippen molar-refractivity contribution in [3.8, 4) is 51.0 Å². The second kappa shape index (κ2) is 12.6. The SMILES string of the molecule is c1ccc(-c2nc(-c3ccccc3)nc(-c3ccc4c(c3)oc3cccc(-c5ccc6c(c5)c5ccc7sc8ccccc8c7c5n6-c5ccccc5)c34)n2)cc1. The Labute approximate surface area is 330 Å². The highest BCUT2D eigenvalue weighted by molar-refractivity contribution is 7.26. The number of furan rings is 1. The van der Waals surface area contributed by atoms with Crippen molar-refractivity contribution in [1.29, 1.82) is 0 Å². The molecule has 0 unspecified atom stereocenters. The van der Waals surface area contributed by atoms with Crippen LogP contribution < -0.4 is 0 Å². The zero-order valence-corrected chi connectivity index (χ0v) is 31.2. The maximum absolute atomic E-state index is 6.63. The number of nitrogens with zero attached hydrogens (tertiary/aromatic N) is 4. The molecule has 0 fully saturated rings. The minimum atomic E-state index is 0.595. The molecular weight excluding hydrogens is 717 g/mol. The van der Waals surface area contributed by atoms with Crippen molar-refractivity contribution in [2.24, 2.45) is 0 Å². The summed E-state index contributed by atoms with van der Waals surface area (Å²) in [7, 11) is 0. The largest absolute Gasteiger partial charge is 0.456 e. The highest BCUT2D eigenvalue weighted by Gasteiger charge is 2.21. The lowest BCUT2D eigenvalue weighted by Crippen LogP contribution is -2.00. The van der Waals surface area contributed by atoms with Gasteiger partial charge in [0.25, 0.3) is 0 Å². The number of rotatable bonds is 5. The van der Waals surface area contributed by atoms with Crippen LogP contribution in [0, 0.1) is 0 Å². The van der Waals surface area contributed by atoms with Crippen LogP contribution in [-0.2, 0) is 0 Å². The van der Waals surface area contributed by atoms with Crippen LogP contribution >= 0.6 is 11.3 Å². The molecule has 0 aliphatic rings. The number of fused-ring (bicyclic) bond motifs is 10. The van der Waals surface area contributed by atoms with Crippen LogP contribution in [-0.4, -0.2) is 19.5 Å². The number of hydrogen-bond donors (Lipinski definition) is 0. The summed E-state index contributed by atoms with van der Waals surface area (Å²) in [6.45, 7) is 0. The third-order valence-corrected chi connectivity index (χ3v) is 12.2. The third-order valence-electron chi connectivity index (χ3n) is 11.0. The molecule has 57 heavy (non-hydrogen) atoms. The van der Waals surface area contributed by atoms with E-state index >= 15 is 0 Å². The van der Waals surface area contributed by atoms with Crippen LogP contribution in [0.5, 0.6) is 0 Å². The first-order chi connectivity index (χ1) is 28.2. The summed E-state index contributed by atoms with van der Waals surface area (Å²) in [5, 5.41) is 7.18. The average Bonchev–Trinajstić information content (AvgIpc) is 3.96. The molecular formula is C51H30N4OS. The Bertz CT molecular complexity index is 3460. The first-order valence-corrected chi connectivity index (χ1v) is 19.8. The van der Waals surface area contributed by atoms with Crippen LogP contribution in [0.4, 0.5) is 0 Å². The summed E-state index contributed by atoms with van der Waals surface area (Å²) in [5.74, 6) is 1.85. The van der Waals surface area contributed by atoms with Gasteiger partial charge in [-0.25, -0.2) is 15.0 Å². The second-order valence-electron chi connectivity index (χ2n) is 14.4. The molecule has 12 rings (SSSR count). The van der Waals surface area contributed by atoms with E-state index in [-0.39, 0.29) is 0 Å². The molecule has 0 spiro atoms. The Morgan fingerprint density at radius 2 is 1.05 bits per heavy atom. The van der Waals surface area contributed by atoms with Crippen molar-refractivity contribution in [2.75, 3.05) is 0 Å². The predicted molar refractivity (Wildman–Crippen MR) is 236 cm³/mol. The molecule has 4 aromatic heterocycles. The smallest absolute Gasteiger partial charge is 0.164 e. The molecule has 0 aliphatic heterocycles. The summed E-state index contributed by atoms with van der Waals surface area (Å²) in [6, 6.07) is 63.8. The van der Waals surface area contributed by atoms with Crippen molar-refractivity contribution in [1.82, 2.24) is 19.5 Å². The average molecular weight is 747 g/mol. The van der Waals surface area contributed by atoms with Crippen LogP contribution in [0.2, 0.25) is 0 Å². The molecule has 0 bridgehead atoms. The van der Waals surface area contributed by atoms with Gasteiger partial charge in [-0.05, 0) is 65.7 Å². The van der Waals surface area contributed by atoms with Crippen molar-refractivity contribution < 1.29 is 4.42 Å². The molecule has 5 nitrogen and oxygen atoms in total. The summed E-state index contributed by atoms with van der Waals surface area (Å²) in [5.41, 5.74) is 10.2. The van der Waals surface area contributed by atoms with Crippen LogP contribution in [0.3, 0.4) is 0 Å². The molecule has 0 saturated carbocycles. The monoisotopic (exact) mass is 746 g/mol. The van der Waals surface area contributed by atoms with Gasteiger partial charge in [-0.1, -0.05) is 127 Å². The van der Waals surface area contributed by atoms with Crippen LogP contribution in [0.25, 0.3) is 115 Å². The lowest BCUT2D eigenvalue weighted by molar-refractivity contribution is 0.669. The van der Waals surface area contributed by atoms with Crippen molar-refractivity contribution in [2.45, 2.75) is 0 Å². The predicted octanol–water partition coefficient (Wildman–Crippen LogP) is 13.9. The third kappa shape index (κ3) is 5.04. The number of hydrogen-bond acceptors (Lipinski definition) is 5. The van der Waals surface area contributed by atoms with Crippen molar-refractivity contribution >= 4 is 75.3 Å². The van der Waals surface area contributed by atoms with Gasteiger partial charge in [-0.15, -0.1) is 11.3 Å². The second-order valence-corrected chi connectivity index (χ2v) is 15.4. The summed E-state index contributed by atoms with van der Waals surface area (Å²) < 4.78 is 11.7. The zero-order chi connectivity index (χ0) is 37.5. The fourth-order valence-corrected chi connectivity index (χ4v) is 9.58. The van der Waals surface area contributed by atoms with Gasteiger partial charge in [0, 0.05) is 64.1 Å². The quantitative estimate of drug-likeness (QED) is 0.176. The van der Waals surface area contributed by atoms with Gasteiger partial charge < -0.3 is 8.98 Å². The van der Waals surface area contributed by atoms with Gasteiger partial charge in [0.1, 0.15) is 11.2 Å². The zero-order valence-electron chi connectivity index (χ0n) is 30.4. The molecule has 4 heterocycles. The molecule has 8 aromatic carbocycles. The number of thiophene rings is 1. The highest BCUT2D eigenvalue weighted by atomic mass is 32.1. The normalized spacial score (nSPS) is 11.9. The van der Waals surface area contributed by atoms with Gasteiger partial charge in [0.05, 0.1) is 11.0 Å². The molecule has 0 radical (unpaired) electrons. The standard InChI is InChI=1S/C51H30N4OS/c1-4-13-31(14-5-1)49-52-50(32-15-6-2-7-16-32)54-51(53-49)34-23-25-38-43(30-34)56-42-21-12-20-36(46(38)42)33-24-27-41-40(29-33)37-26-28-45-47(39-19-10-11-22-44(39)57-45)48(37)55(41)35-17-8-3-9-18-35/h1-30H. The Balaban J connectivity index is 1.04. The fraction of sp³-hybridized carbons (Fsp3) is 0. The number of para-hydroxylation sites is 1. The molecule has 0 N–H and O–H groups in total. The van der Waals surface area contributed by atoms with Gasteiger partial charge in [-0.3, -0.25) is 0 Å². The van der Waals surface area contributed by atoms with Gasteiger partial charge in [0.15, 0.2) is 17.5 Å². The van der Waals surface area contributed by atoms with Crippen LogP contribution in [0.15, 0.2) is 186 Å². The van der Waals surface area contributed by atoms with Crippen LogP contribution in [0.1, 0.15) is 0 Å². The van der Waals surface area contributed by atoms with E-state index in [2.05, 4.69) is 126 Å². The lowest BCUT2D eigenvalue weighted by Gasteiger charge is -2.09.